The molecule has 39 heavy (non-hydrogen) atoms. The van der Waals surface area contributed by atoms with Crippen LogP contribution in [0.15, 0.2) is 41.7 Å². The van der Waals surface area contributed by atoms with E-state index in [0.29, 0.717) is 35.3 Å². The summed E-state index contributed by atoms with van der Waals surface area (Å²) in [5.74, 6) is 0.981. The van der Waals surface area contributed by atoms with Gasteiger partial charge in [-0.25, -0.2) is 4.79 Å². The van der Waals surface area contributed by atoms with Crippen molar-refractivity contribution in [2.24, 2.45) is 5.92 Å². The Bertz CT molecular complexity index is 982. The molecule has 1 heterocycles. The molecule has 1 aromatic carbocycles. The van der Waals surface area contributed by atoms with Crippen LogP contribution in [0.25, 0.3) is 0 Å². The Hall–Kier alpha value is -1.59. The molecule has 0 radical (unpaired) electrons. The summed E-state index contributed by atoms with van der Waals surface area (Å²) in [7, 11) is -2.24. The average molecular weight is 574 g/mol. The summed E-state index contributed by atoms with van der Waals surface area (Å²) in [6, 6.07) is 10.4. The SMILES string of the molecule is CC(C)[Si](C1=CN(C(=O)O[C@@H]2CCCC[C@H]2C(C)(C)c2ccccc2)[C@H](CCCCl)CC1=O)(C(C)C)C(C)C. The van der Waals surface area contributed by atoms with Gasteiger partial charge in [-0.05, 0) is 64.9 Å². The van der Waals surface area contributed by atoms with Crippen molar-refractivity contribution in [1.82, 2.24) is 4.90 Å². The number of ketones is 1. The quantitative estimate of drug-likeness (QED) is 0.207. The van der Waals surface area contributed by atoms with E-state index < -0.39 is 8.07 Å². The van der Waals surface area contributed by atoms with E-state index in [-0.39, 0.29) is 35.4 Å². The monoisotopic (exact) mass is 573 g/mol. The van der Waals surface area contributed by atoms with Crippen LogP contribution in [0.1, 0.15) is 106 Å². The molecule has 1 saturated carbocycles. The Morgan fingerprint density at radius 3 is 2.18 bits per heavy atom. The number of hydrogen-bond acceptors (Lipinski definition) is 3. The minimum atomic E-state index is -2.24. The molecule has 0 bridgehead atoms. The number of carbonyl (C=O) groups is 2. The summed E-state index contributed by atoms with van der Waals surface area (Å²) in [6.07, 6.45) is 7.48. The molecule has 2 aliphatic rings. The molecule has 1 fully saturated rings. The normalized spacial score (nSPS) is 23.0. The number of ether oxygens (including phenoxy) is 1. The largest absolute Gasteiger partial charge is 0.446 e. The third kappa shape index (κ3) is 6.50. The number of amides is 1. The molecular weight excluding hydrogens is 522 g/mol. The van der Waals surface area contributed by atoms with Gasteiger partial charge in [0, 0.05) is 30.5 Å². The molecule has 0 aromatic heterocycles. The Morgan fingerprint density at radius 2 is 1.62 bits per heavy atom. The Kier molecular flexibility index (Phi) is 11.0. The van der Waals surface area contributed by atoms with Crippen molar-refractivity contribution in [3.63, 3.8) is 0 Å². The zero-order valence-corrected chi connectivity index (χ0v) is 27.4. The second kappa shape index (κ2) is 13.4. The number of benzene rings is 1. The van der Waals surface area contributed by atoms with Crippen LogP contribution in [-0.2, 0) is 14.9 Å². The summed E-state index contributed by atoms with van der Waals surface area (Å²) < 4.78 is 6.45. The highest BCUT2D eigenvalue weighted by atomic mass is 35.5. The first-order valence-corrected chi connectivity index (χ1v) is 18.0. The lowest BCUT2D eigenvalue weighted by Gasteiger charge is -2.47. The first kappa shape index (κ1) is 31.9. The van der Waals surface area contributed by atoms with Gasteiger partial charge in [-0.3, -0.25) is 9.69 Å². The maximum Gasteiger partial charge on any atom is 0.414 e. The molecule has 218 valence electrons. The van der Waals surface area contributed by atoms with Crippen molar-refractivity contribution >= 4 is 31.6 Å². The van der Waals surface area contributed by atoms with Crippen LogP contribution >= 0.6 is 11.6 Å². The van der Waals surface area contributed by atoms with E-state index in [0.717, 1.165) is 37.3 Å². The number of carbonyl (C=O) groups excluding carboxylic acids is 2. The van der Waals surface area contributed by atoms with Crippen LogP contribution in [0.2, 0.25) is 16.6 Å². The van der Waals surface area contributed by atoms with Crippen molar-refractivity contribution in [3.8, 4) is 0 Å². The van der Waals surface area contributed by atoms with Crippen LogP contribution in [0.4, 0.5) is 4.79 Å². The molecule has 0 spiro atoms. The molecule has 0 N–H and O–H groups in total. The maximum absolute atomic E-state index is 14.1. The van der Waals surface area contributed by atoms with E-state index in [1.807, 2.05) is 6.20 Å². The molecule has 3 rings (SSSR count). The zero-order valence-electron chi connectivity index (χ0n) is 25.6. The van der Waals surface area contributed by atoms with E-state index in [1.54, 1.807) is 4.90 Å². The zero-order chi connectivity index (χ0) is 29.0. The average Bonchev–Trinajstić information content (AvgIpc) is 2.88. The molecular formula is C33H52ClNO3Si. The number of alkyl halides is 1. The Morgan fingerprint density at radius 1 is 1.03 bits per heavy atom. The number of halogens is 1. The van der Waals surface area contributed by atoms with Crippen LogP contribution < -0.4 is 0 Å². The van der Waals surface area contributed by atoms with Gasteiger partial charge in [0.2, 0.25) is 0 Å². The molecule has 1 aliphatic heterocycles. The van der Waals surface area contributed by atoms with Gasteiger partial charge in [-0.15, -0.1) is 11.6 Å². The van der Waals surface area contributed by atoms with E-state index >= 15 is 0 Å². The highest BCUT2D eigenvalue weighted by molar-refractivity contribution is 6.93. The van der Waals surface area contributed by atoms with Crippen molar-refractivity contribution in [3.05, 3.63) is 47.3 Å². The first-order valence-electron chi connectivity index (χ1n) is 15.2. The molecule has 1 amide bonds. The van der Waals surface area contributed by atoms with Crippen molar-refractivity contribution < 1.29 is 14.3 Å². The summed E-state index contributed by atoms with van der Waals surface area (Å²) in [5, 5.41) is 0.923. The molecule has 1 aromatic rings. The van der Waals surface area contributed by atoms with Gasteiger partial charge in [-0.2, -0.15) is 0 Å². The van der Waals surface area contributed by atoms with Crippen LogP contribution in [0, 0.1) is 5.92 Å². The molecule has 6 heteroatoms. The second-order valence-electron chi connectivity index (χ2n) is 13.4. The van der Waals surface area contributed by atoms with E-state index in [2.05, 4.69) is 85.7 Å². The maximum atomic E-state index is 14.1. The first-order chi connectivity index (χ1) is 18.4. The fourth-order valence-electron chi connectivity index (χ4n) is 8.12. The van der Waals surface area contributed by atoms with Gasteiger partial charge in [0.1, 0.15) is 14.2 Å². The summed E-state index contributed by atoms with van der Waals surface area (Å²) in [5.41, 5.74) is 2.33. The fourth-order valence-corrected chi connectivity index (χ4v) is 15.1. The van der Waals surface area contributed by atoms with Gasteiger partial charge in [0.15, 0.2) is 5.78 Å². The predicted molar refractivity (Wildman–Crippen MR) is 166 cm³/mol. The Labute approximate surface area is 243 Å². The van der Waals surface area contributed by atoms with E-state index in [1.165, 1.54) is 5.56 Å². The number of rotatable bonds is 10. The number of Topliss-reactive ketones (excluding diaryl/α,β-unsaturated/α-hetero) is 1. The lowest BCUT2D eigenvalue weighted by molar-refractivity contribution is -0.116. The minimum Gasteiger partial charge on any atom is -0.446 e. The summed E-state index contributed by atoms with van der Waals surface area (Å²) >= 11 is 6.07. The fraction of sp³-hybridized carbons (Fsp3) is 0.697. The summed E-state index contributed by atoms with van der Waals surface area (Å²) in [6.45, 7) is 18.2. The van der Waals surface area contributed by atoms with Crippen LogP contribution in [-0.4, -0.2) is 42.9 Å². The van der Waals surface area contributed by atoms with Crippen LogP contribution in [0.3, 0.4) is 0 Å². The van der Waals surface area contributed by atoms with Gasteiger partial charge in [0.05, 0.1) is 0 Å². The highest BCUT2D eigenvalue weighted by Crippen LogP contribution is 2.48. The van der Waals surface area contributed by atoms with Gasteiger partial charge >= 0.3 is 6.09 Å². The molecule has 0 saturated heterocycles. The lowest BCUT2D eigenvalue weighted by atomic mass is 9.66. The molecule has 3 atom stereocenters. The number of nitrogens with zero attached hydrogens (tertiary/aromatic N) is 1. The molecule has 4 nitrogen and oxygen atoms in total. The standard InChI is InChI=1S/C33H52ClNO3Si/c1-23(2)39(24(3)4,25(5)6)31-22-35(27(17-14-20-34)21-29(31)36)32(37)38-30-19-13-12-18-28(30)33(7,8)26-15-10-9-11-16-26/h9-11,15-16,22-25,27-28,30H,12-14,17-21H2,1-8H3/t27-,28-,30-/m1/s1. The number of allylic oxidation sites excluding steroid dienone is 1. The smallest absolute Gasteiger partial charge is 0.414 e. The molecule has 0 unspecified atom stereocenters. The van der Waals surface area contributed by atoms with Gasteiger partial charge in [-0.1, -0.05) is 92.1 Å². The third-order valence-electron chi connectivity index (χ3n) is 10.00. The lowest BCUT2D eigenvalue weighted by Crippen LogP contribution is -2.54. The van der Waals surface area contributed by atoms with Crippen LogP contribution in [0.5, 0.6) is 0 Å². The Balaban J connectivity index is 1.99. The van der Waals surface area contributed by atoms with Crippen molar-refractivity contribution in [2.75, 3.05) is 5.88 Å². The van der Waals surface area contributed by atoms with Gasteiger partial charge in [0.25, 0.3) is 0 Å². The van der Waals surface area contributed by atoms with E-state index in [4.69, 9.17) is 16.3 Å². The topological polar surface area (TPSA) is 46.6 Å². The van der Waals surface area contributed by atoms with Crippen molar-refractivity contribution in [1.29, 1.82) is 0 Å². The predicted octanol–water partition coefficient (Wildman–Crippen LogP) is 9.42. The van der Waals surface area contributed by atoms with Gasteiger partial charge < -0.3 is 4.74 Å². The van der Waals surface area contributed by atoms with Crippen molar-refractivity contribution in [2.45, 2.75) is 135 Å². The second-order valence-corrected chi connectivity index (χ2v) is 19.6. The highest BCUT2D eigenvalue weighted by Gasteiger charge is 2.51. The number of hydrogen-bond donors (Lipinski definition) is 0. The third-order valence-corrected chi connectivity index (χ3v) is 17.3. The minimum absolute atomic E-state index is 0.113. The van der Waals surface area contributed by atoms with E-state index in [9.17, 15) is 9.59 Å². The summed E-state index contributed by atoms with van der Waals surface area (Å²) in [4.78, 5) is 29.7. The molecule has 1 aliphatic carbocycles.